The Morgan fingerprint density at radius 2 is 2.17 bits per heavy atom. The van der Waals surface area contributed by atoms with Crippen LogP contribution in [0.1, 0.15) is 40.5 Å². The van der Waals surface area contributed by atoms with Gasteiger partial charge in [0.15, 0.2) is 6.10 Å². The Morgan fingerprint density at radius 3 is 2.93 bits per heavy atom. The number of amides is 2. The van der Waals surface area contributed by atoms with E-state index in [1.807, 2.05) is 29.3 Å². The second-order valence-corrected chi connectivity index (χ2v) is 8.49. The van der Waals surface area contributed by atoms with Gasteiger partial charge in [0, 0.05) is 37.6 Å². The molecule has 29 heavy (non-hydrogen) atoms. The SMILES string of the molecule is [2H]CC(C)(C)OC(=O)N1CCOC(C(=O)N(Cc2c[nH]c3ccccc23)C2CC2)C1. The fourth-order valence-electron chi connectivity index (χ4n) is 3.67. The summed E-state index contributed by atoms with van der Waals surface area (Å²) in [5.74, 6) is -0.0833. The van der Waals surface area contributed by atoms with Crippen LogP contribution in [0.4, 0.5) is 4.79 Å². The topological polar surface area (TPSA) is 74.9 Å². The summed E-state index contributed by atoms with van der Waals surface area (Å²) in [4.78, 5) is 32.5. The number of ether oxygens (including phenoxy) is 2. The van der Waals surface area contributed by atoms with E-state index in [4.69, 9.17) is 10.8 Å². The minimum absolute atomic E-state index is 0.0223. The number of nitrogens with one attached hydrogen (secondary N) is 1. The van der Waals surface area contributed by atoms with Crippen LogP contribution in [0, 0.1) is 0 Å². The quantitative estimate of drug-likeness (QED) is 0.855. The standard InChI is InChI=1S/C22H29N3O4/c1-22(2,3)29-21(27)24-10-11-28-19(14-24)20(26)25(16-8-9-16)13-15-12-23-18-7-5-4-6-17(15)18/h4-7,12,16,19,23H,8-11,13-14H2,1-3H3/i1D. The molecule has 1 aromatic carbocycles. The van der Waals surface area contributed by atoms with E-state index < -0.39 is 17.8 Å². The first-order valence-electron chi connectivity index (χ1n) is 10.8. The minimum Gasteiger partial charge on any atom is -0.444 e. The summed E-state index contributed by atoms with van der Waals surface area (Å²) in [6.07, 6.45) is 2.75. The van der Waals surface area contributed by atoms with Crippen LogP contribution in [0.2, 0.25) is 0 Å². The highest BCUT2D eigenvalue weighted by atomic mass is 16.6. The van der Waals surface area contributed by atoms with Gasteiger partial charge in [0.25, 0.3) is 5.91 Å². The first-order chi connectivity index (χ1) is 14.4. The lowest BCUT2D eigenvalue weighted by atomic mass is 10.1. The number of carbonyl (C=O) groups excluding carboxylic acids is 2. The summed E-state index contributed by atoms with van der Waals surface area (Å²) in [5, 5.41) is 1.11. The molecule has 156 valence electrons. The molecule has 7 heteroatoms. The van der Waals surface area contributed by atoms with Crippen molar-refractivity contribution in [1.29, 1.82) is 0 Å². The molecule has 0 bridgehead atoms. The number of rotatable bonds is 4. The maximum absolute atomic E-state index is 13.3. The summed E-state index contributed by atoms with van der Waals surface area (Å²) in [6.45, 7) is 4.74. The van der Waals surface area contributed by atoms with Crippen molar-refractivity contribution in [3.8, 4) is 0 Å². The van der Waals surface area contributed by atoms with Crippen LogP contribution in [-0.4, -0.2) is 64.2 Å². The lowest BCUT2D eigenvalue weighted by Gasteiger charge is -2.35. The molecule has 2 aromatic rings. The molecule has 1 unspecified atom stereocenters. The molecule has 1 saturated heterocycles. The molecule has 0 radical (unpaired) electrons. The van der Waals surface area contributed by atoms with Gasteiger partial charge in [-0.3, -0.25) is 4.79 Å². The summed E-state index contributed by atoms with van der Waals surface area (Å²) >= 11 is 0. The number of fused-ring (bicyclic) bond motifs is 1. The maximum atomic E-state index is 13.3. The normalized spacial score (nSPS) is 20.4. The third-order valence-electron chi connectivity index (χ3n) is 5.25. The first kappa shape index (κ1) is 18.5. The number of para-hydroxylation sites is 1. The molecule has 7 nitrogen and oxygen atoms in total. The van der Waals surface area contributed by atoms with E-state index in [0.29, 0.717) is 19.7 Å². The van der Waals surface area contributed by atoms with Gasteiger partial charge in [-0.05, 0) is 45.2 Å². The van der Waals surface area contributed by atoms with E-state index in [0.717, 1.165) is 29.3 Å². The second-order valence-electron chi connectivity index (χ2n) is 8.49. The Balaban J connectivity index is 1.45. The molecule has 2 fully saturated rings. The number of nitrogens with zero attached hydrogens (tertiary/aromatic N) is 2. The zero-order chi connectivity index (χ0) is 21.3. The summed E-state index contributed by atoms with van der Waals surface area (Å²) in [5.41, 5.74) is 1.27. The Kier molecular flexibility index (Phi) is 4.91. The Morgan fingerprint density at radius 1 is 1.38 bits per heavy atom. The molecule has 1 aliphatic carbocycles. The average Bonchev–Trinajstić information content (AvgIpc) is 3.51. The zero-order valence-corrected chi connectivity index (χ0v) is 17.0. The predicted molar refractivity (Wildman–Crippen MR) is 109 cm³/mol. The van der Waals surface area contributed by atoms with Crippen molar-refractivity contribution in [3.63, 3.8) is 0 Å². The lowest BCUT2D eigenvalue weighted by molar-refractivity contribution is -0.150. The van der Waals surface area contributed by atoms with Crippen LogP contribution in [0.15, 0.2) is 30.5 Å². The highest BCUT2D eigenvalue weighted by Crippen LogP contribution is 2.31. The van der Waals surface area contributed by atoms with Gasteiger partial charge in [0.2, 0.25) is 0 Å². The molecule has 1 atom stereocenters. The van der Waals surface area contributed by atoms with E-state index in [-0.39, 0.29) is 25.4 Å². The number of carbonyl (C=O) groups is 2. The fraction of sp³-hybridized carbons (Fsp3) is 0.545. The molecule has 0 spiro atoms. The van der Waals surface area contributed by atoms with Gasteiger partial charge in [-0.25, -0.2) is 4.79 Å². The Bertz CT molecular complexity index is 924. The van der Waals surface area contributed by atoms with Crippen LogP contribution < -0.4 is 0 Å². The molecule has 1 aliphatic heterocycles. The number of H-pyrrole nitrogens is 1. The van der Waals surface area contributed by atoms with Gasteiger partial charge in [-0.1, -0.05) is 18.2 Å². The van der Waals surface area contributed by atoms with Crippen LogP contribution >= 0.6 is 0 Å². The molecule has 4 rings (SSSR count). The van der Waals surface area contributed by atoms with Gasteiger partial charge in [0.1, 0.15) is 5.60 Å². The number of aromatic amines is 1. The van der Waals surface area contributed by atoms with Crippen LogP contribution in [-0.2, 0) is 20.8 Å². The van der Waals surface area contributed by atoms with Gasteiger partial charge < -0.3 is 24.3 Å². The molecule has 2 heterocycles. The highest BCUT2D eigenvalue weighted by Gasteiger charge is 2.39. The summed E-state index contributed by atoms with van der Waals surface area (Å²) in [7, 11) is 0. The van der Waals surface area contributed by atoms with E-state index in [1.165, 1.54) is 4.90 Å². The minimum atomic E-state index is -0.857. The van der Waals surface area contributed by atoms with Crippen molar-refractivity contribution in [3.05, 3.63) is 36.0 Å². The van der Waals surface area contributed by atoms with Crippen molar-refractivity contribution in [2.75, 3.05) is 19.7 Å². The third kappa shape index (κ3) is 4.56. The van der Waals surface area contributed by atoms with Crippen LogP contribution in [0.3, 0.4) is 0 Å². The highest BCUT2D eigenvalue weighted by molar-refractivity contribution is 5.85. The van der Waals surface area contributed by atoms with Crippen molar-refractivity contribution in [2.45, 2.75) is 57.9 Å². The number of benzene rings is 1. The van der Waals surface area contributed by atoms with E-state index in [2.05, 4.69) is 11.1 Å². The molecule has 1 saturated carbocycles. The van der Waals surface area contributed by atoms with Gasteiger partial charge in [-0.2, -0.15) is 0 Å². The molecular weight excluding hydrogens is 370 g/mol. The number of hydrogen-bond acceptors (Lipinski definition) is 4. The van der Waals surface area contributed by atoms with Gasteiger partial charge in [-0.15, -0.1) is 0 Å². The average molecular weight is 400 g/mol. The van der Waals surface area contributed by atoms with Crippen molar-refractivity contribution < 1.29 is 20.4 Å². The first-order valence-corrected chi connectivity index (χ1v) is 10.1. The molecule has 1 aromatic heterocycles. The van der Waals surface area contributed by atoms with Crippen molar-refractivity contribution in [1.82, 2.24) is 14.8 Å². The smallest absolute Gasteiger partial charge is 0.410 e. The van der Waals surface area contributed by atoms with E-state index >= 15 is 0 Å². The van der Waals surface area contributed by atoms with Crippen LogP contribution in [0.5, 0.6) is 0 Å². The molecular formula is C22H29N3O4. The lowest BCUT2D eigenvalue weighted by Crippen LogP contribution is -2.53. The largest absolute Gasteiger partial charge is 0.444 e. The summed E-state index contributed by atoms with van der Waals surface area (Å²) in [6, 6.07) is 8.28. The molecule has 2 amide bonds. The maximum Gasteiger partial charge on any atom is 0.410 e. The third-order valence-corrected chi connectivity index (χ3v) is 5.25. The van der Waals surface area contributed by atoms with Crippen molar-refractivity contribution >= 4 is 22.9 Å². The predicted octanol–water partition coefficient (Wildman–Crippen LogP) is 3.29. The number of morpholine rings is 1. The van der Waals surface area contributed by atoms with Gasteiger partial charge in [0.05, 0.1) is 13.2 Å². The Labute approximate surface area is 172 Å². The number of hydrogen-bond donors (Lipinski definition) is 1. The monoisotopic (exact) mass is 400 g/mol. The summed E-state index contributed by atoms with van der Waals surface area (Å²) < 4.78 is 18.7. The second kappa shape index (κ2) is 7.71. The number of aromatic nitrogens is 1. The molecule has 1 N–H and O–H groups in total. The van der Waals surface area contributed by atoms with E-state index in [9.17, 15) is 9.59 Å². The van der Waals surface area contributed by atoms with Crippen molar-refractivity contribution in [2.24, 2.45) is 0 Å². The van der Waals surface area contributed by atoms with Gasteiger partial charge >= 0.3 is 6.09 Å². The Hall–Kier alpha value is -2.54. The fourth-order valence-corrected chi connectivity index (χ4v) is 3.67. The zero-order valence-electron chi connectivity index (χ0n) is 18.0. The van der Waals surface area contributed by atoms with E-state index in [1.54, 1.807) is 13.8 Å². The van der Waals surface area contributed by atoms with Crippen LogP contribution in [0.25, 0.3) is 10.9 Å². The molecule has 2 aliphatic rings.